The monoisotopic (exact) mass is 349 g/mol. The molecule has 0 aliphatic carbocycles. The van der Waals surface area contributed by atoms with Crippen molar-refractivity contribution in [3.63, 3.8) is 0 Å². The van der Waals surface area contributed by atoms with Crippen molar-refractivity contribution in [3.05, 3.63) is 29.8 Å². The number of carbonyl (C=O) groups excluding carboxylic acids is 3. The third-order valence-corrected chi connectivity index (χ3v) is 3.24. The van der Waals surface area contributed by atoms with Gasteiger partial charge in [-0.25, -0.2) is 0 Å². The second-order valence-electron chi connectivity index (χ2n) is 6.59. The summed E-state index contributed by atoms with van der Waals surface area (Å²) in [5.74, 6) is -2.28. The number of hydrogen-bond acceptors (Lipinski definition) is 4. The Morgan fingerprint density at radius 2 is 1.64 bits per heavy atom. The molecular formula is C17H23N3O5. The molecule has 0 aliphatic heterocycles. The molecule has 0 aromatic heterocycles. The number of carboxylic acids is 1. The van der Waals surface area contributed by atoms with Gasteiger partial charge in [0.1, 0.15) is 6.04 Å². The number of carboxylic acid groups (broad SMARTS) is 1. The van der Waals surface area contributed by atoms with E-state index in [-0.39, 0.29) is 18.0 Å². The zero-order chi connectivity index (χ0) is 19.2. The predicted octanol–water partition coefficient (Wildman–Crippen LogP) is 0.990. The summed E-state index contributed by atoms with van der Waals surface area (Å²) < 4.78 is 0. The number of hydrogen-bond donors (Lipinski definition) is 4. The van der Waals surface area contributed by atoms with E-state index in [9.17, 15) is 19.2 Å². The second-order valence-corrected chi connectivity index (χ2v) is 6.59. The number of aliphatic carboxylic acids is 1. The first-order valence-corrected chi connectivity index (χ1v) is 7.72. The first-order chi connectivity index (χ1) is 11.5. The standard InChI is InChI=1S/C17H23N3O5/c1-10(15(23)24)19-14(22)11-5-7-12(8-6-11)20-13(21)9-18-16(25)17(2,3)4/h5-8,10H,9H2,1-4H3,(H,18,25)(H,19,22)(H,20,21)(H,23,24). The lowest BCUT2D eigenvalue weighted by atomic mass is 9.96. The fourth-order valence-corrected chi connectivity index (χ4v) is 1.68. The van der Waals surface area contributed by atoms with Gasteiger partial charge < -0.3 is 21.1 Å². The van der Waals surface area contributed by atoms with Crippen molar-refractivity contribution in [2.24, 2.45) is 5.41 Å². The molecule has 0 radical (unpaired) electrons. The molecule has 4 N–H and O–H groups in total. The van der Waals surface area contributed by atoms with Crippen molar-refractivity contribution in [2.75, 3.05) is 11.9 Å². The summed E-state index contributed by atoms with van der Waals surface area (Å²) >= 11 is 0. The third-order valence-electron chi connectivity index (χ3n) is 3.24. The van der Waals surface area contributed by atoms with Crippen LogP contribution in [0.25, 0.3) is 0 Å². The lowest BCUT2D eigenvalue weighted by Gasteiger charge is -2.17. The van der Waals surface area contributed by atoms with E-state index in [1.54, 1.807) is 20.8 Å². The van der Waals surface area contributed by atoms with Gasteiger partial charge in [0, 0.05) is 16.7 Å². The van der Waals surface area contributed by atoms with Crippen molar-refractivity contribution < 1.29 is 24.3 Å². The van der Waals surface area contributed by atoms with Crippen molar-refractivity contribution in [1.82, 2.24) is 10.6 Å². The summed E-state index contributed by atoms with van der Waals surface area (Å²) in [6.45, 7) is 6.44. The lowest BCUT2D eigenvalue weighted by molar-refractivity contribution is -0.138. The van der Waals surface area contributed by atoms with Crippen molar-refractivity contribution in [2.45, 2.75) is 33.7 Å². The molecule has 0 aliphatic rings. The van der Waals surface area contributed by atoms with Crippen molar-refractivity contribution in [3.8, 4) is 0 Å². The number of benzene rings is 1. The average Bonchev–Trinajstić information content (AvgIpc) is 2.52. The highest BCUT2D eigenvalue weighted by Gasteiger charge is 2.21. The average molecular weight is 349 g/mol. The predicted molar refractivity (Wildman–Crippen MR) is 92.1 cm³/mol. The molecule has 0 fully saturated rings. The number of carbonyl (C=O) groups is 4. The minimum atomic E-state index is -1.13. The van der Waals surface area contributed by atoms with Crippen LogP contribution in [0.4, 0.5) is 5.69 Å². The van der Waals surface area contributed by atoms with Crippen LogP contribution in [0.15, 0.2) is 24.3 Å². The number of amides is 3. The van der Waals surface area contributed by atoms with Crippen LogP contribution in [0.2, 0.25) is 0 Å². The third kappa shape index (κ3) is 6.62. The van der Waals surface area contributed by atoms with Crippen molar-refractivity contribution >= 4 is 29.4 Å². The SMILES string of the molecule is CC(NC(=O)c1ccc(NC(=O)CNC(=O)C(C)(C)C)cc1)C(=O)O. The molecule has 8 heteroatoms. The molecule has 0 saturated carbocycles. The molecule has 1 unspecified atom stereocenters. The molecule has 1 rings (SSSR count). The van der Waals surface area contributed by atoms with E-state index in [4.69, 9.17) is 5.11 Å². The first kappa shape index (κ1) is 20.1. The molecule has 1 atom stereocenters. The van der Waals surface area contributed by atoms with Gasteiger partial charge in [-0.3, -0.25) is 19.2 Å². The summed E-state index contributed by atoms with van der Waals surface area (Å²) in [6.07, 6.45) is 0. The van der Waals surface area contributed by atoms with Gasteiger partial charge in [-0.2, -0.15) is 0 Å². The quantitative estimate of drug-likeness (QED) is 0.609. The largest absolute Gasteiger partial charge is 0.480 e. The molecule has 0 spiro atoms. The number of anilines is 1. The maximum Gasteiger partial charge on any atom is 0.325 e. The van der Waals surface area contributed by atoms with Gasteiger partial charge in [0.25, 0.3) is 5.91 Å². The Hall–Kier alpha value is -2.90. The molecule has 136 valence electrons. The number of rotatable bonds is 6. The summed E-state index contributed by atoms with van der Waals surface area (Å²) in [6, 6.07) is 4.96. The van der Waals surface area contributed by atoms with E-state index >= 15 is 0 Å². The highest BCUT2D eigenvalue weighted by Crippen LogP contribution is 2.12. The normalized spacial score (nSPS) is 12.0. The van der Waals surface area contributed by atoms with E-state index in [0.717, 1.165) is 0 Å². The molecule has 25 heavy (non-hydrogen) atoms. The van der Waals surface area contributed by atoms with Crippen LogP contribution in [0.3, 0.4) is 0 Å². The minimum Gasteiger partial charge on any atom is -0.480 e. The van der Waals surface area contributed by atoms with Gasteiger partial charge in [-0.15, -0.1) is 0 Å². The molecule has 0 saturated heterocycles. The first-order valence-electron chi connectivity index (χ1n) is 7.72. The molecule has 0 bridgehead atoms. The van der Waals surface area contributed by atoms with Crippen LogP contribution in [0, 0.1) is 5.41 Å². The summed E-state index contributed by atoms with van der Waals surface area (Å²) in [4.78, 5) is 46.1. The molecule has 3 amide bonds. The van der Waals surface area contributed by atoms with Gasteiger partial charge in [0.2, 0.25) is 11.8 Å². The van der Waals surface area contributed by atoms with E-state index in [0.29, 0.717) is 5.69 Å². The summed E-state index contributed by atoms with van der Waals surface area (Å²) in [7, 11) is 0. The minimum absolute atomic E-state index is 0.158. The fourth-order valence-electron chi connectivity index (χ4n) is 1.68. The fraction of sp³-hybridized carbons (Fsp3) is 0.412. The van der Waals surface area contributed by atoms with Crippen LogP contribution >= 0.6 is 0 Å². The smallest absolute Gasteiger partial charge is 0.325 e. The van der Waals surface area contributed by atoms with Gasteiger partial charge >= 0.3 is 5.97 Å². The van der Waals surface area contributed by atoms with E-state index < -0.39 is 29.2 Å². The Morgan fingerprint density at radius 1 is 1.08 bits per heavy atom. The number of nitrogens with one attached hydrogen (secondary N) is 3. The van der Waals surface area contributed by atoms with Crippen LogP contribution in [0.5, 0.6) is 0 Å². The Labute approximate surface area is 146 Å². The van der Waals surface area contributed by atoms with E-state index in [2.05, 4.69) is 16.0 Å². The van der Waals surface area contributed by atoms with Gasteiger partial charge in [0.05, 0.1) is 6.54 Å². The molecule has 0 heterocycles. The van der Waals surface area contributed by atoms with E-state index in [1.165, 1.54) is 31.2 Å². The second kappa shape index (κ2) is 8.27. The highest BCUT2D eigenvalue weighted by atomic mass is 16.4. The molecular weight excluding hydrogens is 326 g/mol. The van der Waals surface area contributed by atoms with Gasteiger partial charge in [-0.1, -0.05) is 20.8 Å². The van der Waals surface area contributed by atoms with Crippen LogP contribution < -0.4 is 16.0 Å². The zero-order valence-electron chi connectivity index (χ0n) is 14.7. The van der Waals surface area contributed by atoms with Crippen LogP contribution in [-0.4, -0.2) is 41.4 Å². The van der Waals surface area contributed by atoms with Gasteiger partial charge in [-0.05, 0) is 31.2 Å². The van der Waals surface area contributed by atoms with Crippen molar-refractivity contribution in [1.29, 1.82) is 0 Å². The zero-order valence-corrected chi connectivity index (χ0v) is 14.7. The van der Waals surface area contributed by atoms with Gasteiger partial charge in [0.15, 0.2) is 0 Å². The topological polar surface area (TPSA) is 125 Å². The van der Waals surface area contributed by atoms with Crippen LogP contribution in [-0.2, 0) is 14.4 Å². The van der Waals surface area contributed by atoms with Crippen LogP contribution in [0.1, 0.15) is 38.1 Å². The molecule has 1 aromatic carbocycles. The highest BCUT2D eigenvalue weighted by molar-refractivity contribution is 5.98. The maximum absolute atomic E-state index is 11.9. The summed E-state index contributed by atoms with van der Waals surface area (Å²) in [5.41, 5.74) is 0.146. The lowest BCUT2D eigenvalue weighted by Crippen LogP contribution is -2.39. The summed E-state index contributed by atoms with van der Waals surface area (Å²) in [5, 5.41) is 16.2. The maximum atomic E-state index is 11.9. The Balaban J connectivity index is 2.56. The Kier molecular flexibility index (Phi) is 6.67. The molecule has 1 aromatic rings. The Bertz CT molecular complexity index is 662. The molecule has 8 nitrogen and oxygen atoms in total. The van der Waals surface area contributed by atoms with E-state index in [1.807, 2.05) is 0 Å². The Morgan fingerprint density at radius 3 is 2.12 bits per heavy atom.